The molecule has 4 rings (SSSR count). The van der Waals surface area contributed by atoms with E-state index in [0.29, 0.717) is 29.5 Å². The first-order chi connectivity index (χ1) is 13.9. The van der Waals surface area contributed by atoms with Crippen LogP contribution in [0.3, 0.4) is 0 Å². The number of nitrogens with zero attached hydrogens (tertiary/aromatic N) is 4. The molecule has 0 bridgehead atoms. The molecule has 0 aliphatic carbocycles. The van der Waals surface area contributed by atoms with Crippen LogP contribution in [0.4, 0.5) is 5.13 Å². The number of carbonyl (C=O) groups is 1. The van der Waals surface area contributed by atoms with E-state index in [1.807, 2.05) is 37.3 Å². The summed E-state index contributed by atoms with van der Waals surface area (Å²) in [6, 6.07) is 12.3. The summed E-state index contributed by atoms with van der Waals surface area (Å²) in [5.41, 5.74) is 0.926. The summed E-state index contributed by atoms with van der Waals surface area (Å²) in [6.45, 7) is 2.21. The number of rotatable bonds is 5. The van der Waals surface area contributed by atoms with Crippen LogP contribution in [0.2, 0.25) is 0 Å². The van der Waals surface area contributed by atoms with Crippen LogP contribution < -0.4 is 4.90 Å². The minimum atomic E-state index is -3.69. The molecule has 0 saturated carbocycles. The molecule has 1 aliphatic heterocycles. The molecule has 152 valence electrons. The fraction of sp³-hybridized carbons (Fsp3) is 0.316. The van der Waals surface area contributed by atoms with Crippen LogP contribution in [0, 0.1) is 6.92 Å². The standard InChI is InChI=1S/C19H20N4O3S3/c1-13-10-11-16(27-13)29(25,26)23-12-6-9-15(23)18(24)22(2)19-21-20-17(28-19)14-7-4-3-5-8-14/h3-5,7-8,10-11,15H,6,9,12H2,1-2H3/t15-/m1/s1. The lowest BCUT2D eigenvalue weighted by atomic mass is 10.2. The zero-order chi connectivity index (χ0) is 20.6. The molecule has 29 heavy (non-hydrogen) atoms. The Hall–Kier alpha value is -2.14. The zero-order valence-corrected chi connectivity index (χ0v) is 18.4. The van der Waals surface area contributed by atoms with Crippen LogP contribution in [0.15, 0.2) is 46.7 Å². The third kappa shape index (κ3) is 3.85. The van der Waals surface area contributed by atoms with E-state index >= 15 is 0 Å². The first-order valence-electron chi connectivity index (χ1n) is 9.13. The highest BCUT2D eigenvalue weighted by molar-refractivity contribution is 7.91. The predicted octanol–water partition coefficient (Wildman–Crippen LogP) is 3.39. The van der Waals surface area contributed by atoms with Crippen molar-refractivity contribution in [2.45, 2.75) is 30.0 Å². The van der Waals surface area contributed by atoms with E-state index in [4.69, 9.17) is 0 Å². The largest absolute Gasteiger partial charge is 0.288 e. The second kappa shape index (κ2) is 7.94. The molecule has 2 aromatic heterocycles. The predicted molar refractivity (Wildman–Crippen MR) is 115 cm³/mol. The van der Waals surface area contributed by atoms with Crippen molar-refractivity contribution in [3.8, 4) is 10.6 Å². The summed E-state index contributed by atoms with van der Waals surface area (Å²) >= 11 is 2.53. The van der Waals surface area contributed by atoms with Gasteiger partial charge in [-0.1, -0.05) is 41.7 Å². The molecule has 1 amide bonds. The maximum atomic E-state index is 13.1. The van der Waals surface area contributed by atoms with Crippen molar-refractivity contribution in [2.24, 2.45) is 0 Å². The van der Waals surface area contributed by atoms with Gasteiger partial charge in [-0.25, -0.2) is 8.42 Å². The maximum Gasteiger partial charge on any atom is 0.253 e. The number of anilines is 1. The molecule has 0 unspecified atom stereocenters. The van der Waals surface area contributed by atoms with E-state index in [9.17, 15) is 13.2 Å². The number of hydrogen-bond acceptors (Lipinski definition) is 7. The van der Waals surface area contributed by atoms with E-state index in [0.717, 1.165) is 10.4 Å². The lowest BCUT2D eigenvalue weighted by Crippen LogP contribution is -2.46. The molecular weight excluding hydrogens is 428 g/mol. The van der Waals surface area contributed by atoms with E-state index in [1.54, 1.807) is 19.2 Å². The minimum absolute atomic E-state index is 0.277. The van der Waals surface area contributed by atoms with E-state index in [2.05, 4.69) is 10.2 Å². The van der Waals surface area contributed by atoms with E-state index in [-0.39, 0.29) is 10.1 Å². The molecule has 0 radical (unpaired) electrons. The van der Waals surface area contributed by atoms with Gasteiger partial charge < -0.3 is 0 Å². The molecular formula is C19H20N4O3S3. The Labute approximate surface area is 177 Å². The number of benzene rings is 1. The number of thiophene rings is 1. The number of sulfonamides is 1. The zero-order valence-electron chi connectivity index (χ0n) is 16.0. The molecule has 7 nitrogen and oxygen atoms in total. The Morgan fingerprint density at radius 2 is 1.90 bits per heavy atom. The smallest absolute Gasteiger partial charge is 0.253 e. The third-order valence-corrected chi connectivity index (χ3v) is 9.25. The van der Waals surface area contributed by atoms with Gasteiger partial charge in [0.1, 0.15) is 15.3 Å². The van der Waals surface area contributed by atoms with Crippen molar-refractivity contribution in [2.75, 3.05) is 18.5 Å². The van der Waals surface area contributed by atoms with Gasteiger partial charge in [0.2, 0.25) is 11.0 Å². The number of amides is 1. The normalized spacial score (nSPS) is 17.5. The summed E-state index contributed by atoms with van der Waals surface area (Å²) in [5.74, 6) is -0.282. The molecule has 3 heterocycles. The lowest BCUT2D eigenvalue weighted by Gasteiger charge is -2.25. The highest BCUT2D eigenvalue weighted by Crippen LogP contribution is 2.33. The fourth-order valence-corrected chi connectivity index (χ4v) is 7.19. The van der Waals surface area contributed by atoms with Gasteiger partial charge in [0.05, 0.1) is 0 Å². The average molecular weight is 449 g/mol. The SMILES string of the molecule is Cc1ccc(S(=O)(=O)N2CCC[C@@H]2C(=O)N(C)c2nnc(-c3ccccc3)s2)s1. The Morgan fingerprint density at radius 3 is 2.59 bits per heavy atom. The molecule has 1 saturated heterocycles. The second-order valence-electron chi connectivity index (χ2n) is 6.79. The Bertz CT molecular complexity index is 1120. The van der Waals surface area contributed by atoms with Crippen molar-refractivity contribution in [3.63, 3.8) is 0 Å². The molecule has 10 heteroatoms. The third-order valence-electron chi connectivity index (χ3n) is 4.82. The van der Waals surface area contributed by atoms with Crippen molar-refractivity contribution in [1.82, 2.24) is 14.5 Å². The van der Waals surface area contributed by atoms with Gasteiger partial charge in [-0.3, -0.25) is 9.69 Å². The number of aromatic nitrogens is 2. The van der Waals surface area contributed by atoms with Gasteiger partial charge in [-0.15, -0.1) is 21.5 Å². The van der Waals surface area contributed by atoms with Gasteiger partial charge in [-0.05, 0) is 31.9 Å². The van der Waals surface area contributed by atoms with Gasteiger partial charge in [0.25, 0.3) is 10.0 Å². The Morgan fingerprint density at radius 1 is 1.14 bits per heavy atom. The van der Waals surface area contributed by atoms with E-state index < -0.39 is 16.1 Å². The second-order valence-corrected chi connectivity index (χ2v) is 11.2. The number of carbonyl (C=O) groups excluding carboxylic acids is 1. The van der Waals surface area contributed by atoms with Gasteiger partial charge in [0, 0.05) is 24.0 Å². The Kier molecular flexibility index (Phi) is 5.52. The molecule has 3 aromatic rings. The van der Waals surface area contributed by atoms with Crippen LogP contribution in [0.1, 0.15) is 17.7 Å². The topological polar surface area (TPSA) is 83.5 Å². The van der Waals surface area contributed by atoms with Crippen LogP contribution in [0.5, 0.6) is 0 Å². The van der Waals surface area contributed by atoms with Crippen LogP contribution in [-0.2, 0) is 14.8 Å². The quantitative estimate of drug-likeness (QED) is 0.597. The first-order valence-corrected chi connectivity index (χ1v) is 12.2. The average Bonchev–Trinajstić information content (AvgIpc) is 3.47. The van der Waals surface area contributed by atoms with Crippen molar-refractivity contribution in [3.05, 3.63) is 47.3 Å². The van der Waals surface area contributed by atoms with Crippen molar-refractivity contribution in [1.29, 1.82) is 0 Å². The highest BCUT2D eigenvalue weighted by atomic mass is 32.2. The summed E-state index contributed by atoms with van der Waals surface area (Å²) < 4.78 is 27.7. The van der Waals surface area contributed by atoms with Gasteiger partial charge >= 0.3 is 0 Å². The van der Waals surface area contributed by atoms with E-state index in [1.165, 1.54) is 31.9 Å². The lowest BCUT2D eigenvalue weighted by molar-refractivity contribution is -0.121. The summed E-state index contributed by atoms with van der Waals surface area (Å²) in [5, 5.41) is 9.48. The van der Waals surface area contributed by atoms with Gasteiger partial charge in [0.15, 0.2) is 0 Å². The molecule has 1 atom stereocenters. The minimum Gasteiger partial charge on any atom is -0.288 e. The maximum absolute atomic E-state index is 13.1. The number of aryl methyl sites for hydroxylation is 1. The molecule has 1 aromatic carbocycles. The fourth-order valence-electron chi connectivity index (χ4n) is 3.31. The van der Waals surface area contributed by atoms with Crippen molar-refractivity contribution >= 4 is 43.7 Å². The first kappa shape index (κ1) is 20.1. The monoisotopic (exact) mass is 448 g/mol. The van der Waals surface area contributed by atoms with Gasteiger partial charge in [-0.2, -0.15) is 4.31 Å². The molecule has 0 spiro atoms. The summed E-state index contributed by atoms with van der Waals surface area (Å²) in [7, 11) is -2.07. The molecule has 1 aliphatic rings. The van der Waals surface area contributed by atoms with Crippen LogP contribution in [0.25, 0.3) is 10.6 Å². The molecule has 0 N–H and O–H groups in total. The van der Waals surface area contributed by atoms with Crippen LogP contribution >= 0.6 is 22.7 Å². The van der Waals surface area contributed by atoms with Crippen molar-refractivity contribution < 1.29 is 13.2 Å². The number of hydrogen-bond donors (Lipinski definition) is 0. The highest BCUT2D eigenvalue weighted by Gasteiger charge is 2.41. The summed E-state index contributed by atoms with van der Waals surface area (Å²) in [4.78, 5) is 15.5. The summed E-state index contributed by atoms with van der Waals surface area (Å²) in [6.07, 6.45) is 1.15. The van der Waals surface area contributed by atoms with Crippen LogP contribution in [-0.4, -0.2) is 48.5 Å². The number of likely N-dealkylation sites (N-methyl/N-ethyl adjacent to an activating group) is 1. The molecule has 1 fully saturated rings. The Balaban J connectivity index is 1.56.